The van der Waals surface area contributed by atoms with Crippen LogP contribution >= 0.6 is 0 Å². The molecule has 0 unspecified atom stereocenters. The van der Waals surface area contributed by atoms with Crippen molar-refractivity contribution >= 4 is 15.9 Å². The maximum absolute atomic E-state index is 13.6. The van der Waals surface area contributed by atoms with Crippen molar-refractivity contribution in [2.75, 3.05) is 13.1 Å². The zero-order valence-corrected chi connectivity index (χ0v) is 18.3. The van der Waals surface area contributed by atoms with Crippen LogP contribution in [0, 0.1) is 42.3 Å². The van der Waals surface area contributed by atoms with Gasteiger partial charge >= 0.3 is 0 Å². The summed E-state index contributed by atoms with van der Waals surface area (Å²) in [5, 5.41) is 3.38. The Balaban J connectivity index is 1.21. The van der Waals surface area contributed by atoms with Gasteiger partial charge in [-0.1, -0.05) is 6.07 Å². The van der Waals surface area contributed by atoms with Crippen molar-refractivity contribution in [2.24, 2.45) is 29.6 Å². The minimum Gasteiger partial charge on any atom is -0.353 e. The van der Waals surface area contributed by atoms with Crippen LogP contribution in [0.5, 0.6) is 0 Å². The van der Waals surface area contributed by atoms with E-state index in [0.717, 1.165) is 17.9 Å². The molecule has 0 radical (unpaired) electrons. The van der Waals surface area contributed by atoms with E-state index in [2.05, 4.69) is 5.32 Å². The molecule has 164 valence electrons. The minimum atomic E-state index is -3.74. The number of hydrogen-bond acceptors (Lipinski definition) is 3. The average molecular weight is 435 g/mol. The minimum absolute atomic E-state index is 0.0268. The summed E-state index contributed by atoms with van der Waals surface area (Å²) in [4.78, 5) is 13.0. The maximum Gasteiger partial charge on any atom is 0.243 e. The molecule has 1 aromatic carbocycles. The highest BCUT2D eigenvalue weighted by atomic mass is 32.2. The smallest absolute Gasteiger partial charge is 0.243 e. The SMILES string of the molecule is Cc1ccc(F)cc1S(=O)(=O)N1CCC(C(=O)NC2C3CC4CC(C3)CC2C4)CC1. The number of nitrogens with one attached hydrogen (secondary N) is 1. The van der Waals surface area contributed by atoms with Gasteiger partial charge in [0, 0.05) is 25.0 Å². The van der Waals surface area contributed by atoms with Crippen LogP contribution in [0.15, 0.2) is 23.1 Å². The number of halogens is 1. The number of amides is 1. The molecular weight excluding hydrogens is 403 g/mol. The molecular formula is C23H31FN2O3S. The van der Waals surface area contributed by atoms with Crippen molar-refractivity contribution in [3.8, 4) is 0 Å². The van der Waals surface area contributed by atoms with Gasteiger partial charge in [0.15, 0.2) is 0 Å². The predicted molar refractivity (Wildman–Crippen MR) is 112 cm³/mol. The Morgan fingerprint density at radius 2 is 1.63 bits per heavy atom. The summed E-state index contributed by atoms with van der Waals surface area (Å²) in [5.74, 6) is 2.45. The monoisotopic (exact) mass is 434 g/mol. The topological polar surface area (TPSA) is 66.5 Å². The van der Waals surface area contributed by atoms with Crippen molar-refractivity contribution in [3.63, 3.8) is 0 Å². The van der Waals surface area contributed by atoms with Crippen LogP contribution in [0.4, 0.5) is 4.39 Å². The molecule has 4 bridgehead atoms. The molecule has 4 aliphatic carbocycles. The van der Waals surface area contributed by atoms with E-state index in [4.69, 9.17) is 0 Å². The molecule has 1 heterocycles. The van der Waals surface area contributed by atoms with E-state index in [1.807, 2.05) is 0 Å². The molecule has 5 nitrogen and oxygen atoms in total. The number of carbonyl (C=O) groups is 1. The summed E-state index contributed by atoms with van der Waals surface area (Å²) in [6.07, 6.45) is 7.50. The summed E-state index contributed by atoms with van der Waals surface area (Å²) >= 11 is 0. The molecule has 5 aliphatic rings. The third kappa shape index (κ3) is 3.58. The van der Waals surface area contributed by atoms with Gasteiger partial charge in [-0.15, -0.1) is 0 Å². The van der Waals surface area contributed by atoms with Gasteiger partial charge in [-0.25, -0.2) is 12.8 Å². The van der Waals surface area contributed by atoms with Crippen LogP contribution in [0.25, 0.3) is 0 Å². The molecule has 0 aromatic heterocycles. The fraction of sp³-hybridized carbons (Fsp3) is 0.696. The van der Waals surface area contributed by atoms with E-state index in [1.165, 1.54) is 48.5 Å². The fourth-order valence-electron chi connectivity index (χ4n) is 6.79. The molecule has 1 N–H and O–H groups in total. The highest BCUT2D eigenvalue weighted by molar-refractivity contribution is 7.89. The Bertz CT molecular complexity index is 912. The largest absolute Gasteiger partial charge is 0.353 e. The van der Waals surface area contributed by atoms with E-state index in [0.29, 0.717) is 49.4 Å². The molecule has 30 heavy (non-hydrogen) atoms. The van der Waals surface area contributed by atoms with Gasteiger partial charge in [0.1, 0.15) is 5.82 Å². The quantitative estimate of drug-likeness (QED) is 0.789. The van der Waals surface area contributed by atoms with Gasteiger partial charge in [0.2, 0.25) is 15.9 Å². The number of piperidine rings is 1. The lowest BCUT2D eigenvalue weighted by atomic mass is 9.54. The van der Waals surface area contributed by atoms with E-state index in [1.54, 1.807) is 6.92 Å². The van der Waals surface area contributed by atoms with Crippen LogP contribution in [-0.2, 0) is 14.8 Å². The van der Waals surface area contributed by atoms with E-state index in [9.17, 15) is 17.6 Å². The fourth-order valence-corrected chi connectivity index (χ4v) is 8.50. The van der Waals surface area contributed by atoms with Crippen LogP contribution in [0.1, 0.15) is 50.5 Å². The number of benzene rings is 1. The van der Waals surface area contributed by atoms with E-state index < -0.39 is 15.8 Å². The molecule has 7 heteroatoms. The molecule has 5 fully saturated rings. The van der Waals surface area contributed by atoms with Crippen LogP contribution in [-0.4, -0.2) is 37.8 Å². The van der Waals surface area contributed by atoms with Crippen LogP contribution in [0.3, 0.4) is 0 Å². The molecule has 1 aromatic rings. The summed E-state index contributed by atoms with van der Waals surface area (Å²) in [6.45, 7) is 2.29. The number of nitrogens with zero attached hydrogens (tertiary/aromatic N) is 1. The van der Waals surface area contributed by atoms with Crippen LogP contribution < -0.4 is 5.32 Å². The summed E-state index contributed by atoms with van der Waals surface area (Å²) in [7, 11) is -3.74. The van der Waals surface area contributed by atoms with Gasteiger partial charge in [0.25, 0.3) is 0 Å². The Labute approximate surface area is 178 Å². The maximum atomic E-state index is 13.6. The summed E-state index contributed by atoms with van der Waals surface area (Å²) in [5.41, 5.74) is 0.540. The lowest BCUT2D eigenvalue weighted by Gasteiger charge is -2.54. The average Bonchev–Trinajstić information content (AvgIpc) is 2.72. The Morgan fingerprint density at radius 3 is 2.23 bits per heavy atom. The number of sulfonamides is 1. The van der Waals surface area contributed by atoms with Gasteiger partial charge in [-0.3, -0.25) is 4.79 Å². The summed E-state index contributed by atoms with van der Waals surface area (Å²) in [6, 6.07) is 4.18. The molecule has 1 saturated heterocycles. The Morgan fingerprint density at radius 1 is 1.03 bits per heavy atom. The highest BCUT2D eigenvalue weighted by Gasteiger charge is 2.49. The van der Waals surface area contributed by atoms with E-state index in [-0.39, 0.29) is 16.7 Å². The zero-order valence-electron chi connectivity index (χ0n) is 17.5. The van der Waals surface area contributed by atoms with Crippen LogP contribution in [0.2, 0.25) is 0 Å². The summed E-state index contributed by atoms with van der Waals surface area (Å²) < 4.78 is 41.0. The molecule has 6 rings (SSSR count). The molecule has 0 atom stereocenters. The second kappa shape index (κ2) is 7.59. The third-order valence-corrected chi connectivity index (χ3v) is 10.2. The first-order valence-electron chi connectivity index (χ1n) is 11.4. The second-order valence-electron chi connectivity index (χ2n) is 10.1. The number of rotatable bonds is 4. The second-order valence-corrected chi connectivity index (χ2v) is 12.0. The van der Waals surface area contributed by atoms with Crippen molar-refractivity contribution in [3.05, 3.63) is 29.6 Å². The van der Waals surface area contributed by atoms with Gasteiger partial charge in [-0.2, -0.15) is 4.31 Å². The van der Waals surface area contributed by atoms with Crippen molar-refractivity contribution < 1.29 is 17.6 Å². The normalized spacial score (nSPS) is 34.3. The van der Waals surface area contributed by atoms with E-state index >= 15 is 0 Å². The first-order chi connectivity index (χ1) is 14.3. The number of carbonyl (C=O) groups excluding carboxylic acids is 1. The molecule has 1 aliphatic heterocycles. The lowest BCUT2D eigenvalue weighted by Crippen LogP contribution is -2.57. The Kier molecular flexibility index (Phi) is 5.17. The third-order valence-electron chi connectivity index (χ3n) is 8.13. The number of aryl methyl sites for hydroxylation is 1. The van der Waals surface area contributed by atoms with Gasteiger partial charge < -0.3 is 5.32 Å². The predicted octanol–water partition coefficient (Wildman–Crippen LogP) is 3.48. The molecule has 4 saturated carbocycles. The van der Waals surface area contributed by atoms with Crippen molar-refractivity contribution in [1.82, 2.24) is 9.62 Å². The molecule has 1 amide bonds. The van der Waals surface area contributed by atoms with Gasteiger partial charge in [0.05, 0.1) is 4.90 Å². The van der Waals surface area contributed by atoms with Crippen molar-refractivity contribution in [1.29, 1.82) is 0 Å². The zero-order chi connectivity index (χ0) is 21.0. The molecule has 0 spiro atoms. The lowest BCUT2D eigenvalue weighted by molar-refractivity contribution is -0.130. The standard InChI is InChI=1S/C23H31FN2O3S/c1-14-2-3-20(24)13-21(14)30(28,29)26-6-4-17(5-7-26)23(27)25-22-18-9-15-8-16(11-18)12-19(22)10-15/h2-3,13,15-19,22H,4-12H2,1H3,(H,25,27). The van der Waals surface area contributed by atoms with Gasteiger partial charge in [-0.05, 0) is 93.2 Å². The highest BCUT2D eigenvalue weighted by Crippen LogP contribution is 2.53. The Hall–Kier alpha value is -1.47. The first-order valence-corrected chi connectivity index (χ1v) is 12.8. The number of hydrogen-bond donors (Lipinski definition) is 1. The first kappa shape index (κ1) is 20.4. The van der Waals surface area contributed by atoms with Crippen molar-refractivity contribution in [2.45, 2.75) is 62.8 Å².